The molecule has 1 spiro atoms. The van der Waals surface area contributed by atoms with Gasteiger partial charge in [-0.25, -0.2) is 0 Å². The molecule has 2 aliphatic heterocycles. The lowest BCUT2D eigenvalue weighted by Gasteiger charge is -2.45. The number of carboxylic acids is 1. The number of pyridine rings is 1. The number of hydrogen-bond donors (Lipinski definition) is 1. The molecule has 0 atom stereocenters. The van der Waals surface area contributed by atoms with E-state index in [-0.39, 0.29) is 12.1 Å². The number of piperidine rings is 1. The molecule has 4 rings (SSSR count). The number of para-hydroxylation sites is 1. The summed E-state index contributed by atoms with van der Waals surface area (Å²) in [5, 5.41) is 10.4. The quantitative estimate of drug-likeness (QED) is 0.931. The average molecular weight is 339 g/mol. The van der Waals surface area contributed by atoms with Crippen LogP contribution >= 0.6 is 0 Å². The van der Waals surface area contributed by atoms with Crippen molar-refractivity contribution in [2.45, 2.75) is 38.1 Å². The minimum atomic E-state index is -0.709. The number of fused-ring (bicyclic) bond motifs is 1. The highest BCUT2D eigenvalue weighted by atomic mass is 16.4. The number of nitrogens with zero attached hydrogens (tertiary/aromatic N) is 3. The van der Waals surface area contributed by atoms with Gasteiger partial charge in [0.25, 0.3) is 0 Å². The number of carboxylic acid groups (broad SMARTS) is 1. The molecule has 2 aliphatic rings. The van der Waals surface area contributed by atoms with Crippen LogP contribution in [-0.2, 0) is 4.79 Å². The van der Waals surface area contributed by atoms with E-state index >= 15 is 0 Å². The summed E-state index contributed by atoms with van der Waals surface area (Å²) in [7, 11) is 0. The fourth-order valence-electron chi connectivity index (χ4n) is 4.68. The molecular weight excluding hydrogens is 314 g/mol. The molecule has 0 radical (unpaired) electrons. The Balaban J connectivity index is 1.57. The molecule has 2 saturated heterocycles. The zero-order valence-electron chi connectivity index (χ0n) is 14.7. The van der Waals surface area contributed by atoms with Gasteiger partial charge in [0, 0.05) is 35.4 Å². The highest BCUT2D eigenvalue weighted by Gasteiger charge is 2.43. The highest BCUT2D eigenvalue weighted by Crippen LogP contribution is 2.40. The van der Waals surface area contributed by atoms with E-state index < -0.39 is 5.97 Å². The Kier molecular flexibility index (Phi) is 4.12. The third kappa shape index (κ3) is 2.97. The maximum absolute atomic E-state index is 11.2. The van der Waals surface area contributed by atoms with Gasteiger partial charge in [0.15, 0.2) is 0 Å². The number of anilines is 1. The van der Waals surface area contributed by atoms with E-state index in [1.54, 1.807) is 0 Å². The van der Waals surface area contributed by atoms with E-state index in [0.29, 0.717) is 0 Å². The maximum atomic E-state index is 11.2. The van der Waals surface area contributed by atoms with E-state index in [1.807, 2.05) is 13.0 Å². The Morgan fingerprint density at radius 1 is 1.20 bits per heavy atom. The van der Waals surface area contributed by atoms with Crippen LogP contribution in [0.4, 0.5) is 5.69 Å². The summed E-state index contributed by atoms with van der Waals surface area (Å²) in [6.07, 6.45) is 4.32. The Hall–Kier alpha value is -2.14. The number of aliphatic carboxylic acids is 1. The second kappa shape index (κ2) is 6.30. The monoisotopic (exact) mass is 339 g/mol. The summed E-state index contributed by atoms with van der Waals surface area (Å²) >= 11 is 0. The van der Waals surface area contributed by atoms with Crippen LogP contribution in [0.5, 0.6) is 0 Å². The van der Waals surface area contributed by atoms with Gasteiger partial charge in [0.1, 0.15) is 0 Å². The number of benzene rings is 1. The van der Waals surface area contributed by atoms with E-state index in [0.717, 1.165) is 56.5 Å². The third-order valence-electron chi connectivity index (χ3n) is 5.92. The van der Waals surface area contributed by atoms with Crippen LogP contribution in [0.25, 0.3) is 10.9 Å². The standard InChI is InChI=1S/C20H25N3O2/c1-15-13-18(16-5-2-3-6-17(16)21-15)22-11-8-20(9-12-22)7-4-10-23(20)14-19(24)25/h2-3,5-6,13H,4,7-12,14H2,1H3,(H,24,25). The summed E-state index contributed by atoms with van der Waals surface area (Å²) in [6.45, 7) is 5.10. The molecule has 25 heavy (non-hydrogen) atoms. The largest absolute Gasteiger partial charge is 0.480 e. The van der Waals surface area contributed by atoms with Crippen molar-refractivity contribution >= 4 is 22.6 Å². The Morgan fingerprint density at radius 2 is 1.96 bits per heavy atom. The normalized spacial score (nSPS) is 20.4. The molecule has 1 aromatic carbocycles. The van der Waals surface area contributed by atoms with Gasteiger partial charge in [-0.15, -0.1) is 0 Å². The van der Waals surface area contributed by atoms with Gasteiger partial charge in [-0.3, -0.25) is 14.7 Å². The summed E-state index contributed by atoms with van der Waals surface area (Å²) in [4.78, 5) is 20.5. The lowest BCUT2D eigenvalue weighted by atomic mass is 9.84. The highest BCUT2D eigenvalue weighted by molar-refractivity contribution is 5.92. The van der Waals surface area contributed by atoms with Crippen molar-refractivity contribution in [1.29, 1.82) is 0 Å². The molecule has 0 unspecified atom stereocenters. The average Bonchev–Trinajstić information content (AvgIpc) is 2.96. The first-order valence-electron chi connectivity index (χ1n) is 9.16. The fourth-order valence-corrected chi connectivity index (χ4v) is 4.68. The number of aryl methyl sites for hydroxylation is 1. The van der Waals surface area contributed by atoms with Gasteiger partial charge in [-0.1, -0.05) is 18.2 Å². The molecular formula is C20H25N3O2. The van der Waals surface area contributed by atoms with E-state index in [9.17, 15) is 9.90 Å². The molecule has 0 aliphatic carbocycles. The van der Waals surface area contributed by atoms with Gasteiger partial charge in [-0.05, 0) is 51.3 Å². The number of hydrogen-bond acceptors (Lipinski definition) is 4. The van der Waals surface area contributed by atoms with E-state index in [4.69, 9.17) is 0 Å². The van der Waals surface area contributed by atoms with Crippen LogP contribution in [-0.4, -0.2) is 52.7 Å². The number of rotatable bonds is 3. The molecule has 2 aromatic rings. The lowest BCUT2D eigenvalue weighted by molar-refractivity contribution is -0.139. The van der Waals surface area contributed by atoms with Crippen LogP contribution in [0.1, 0.15) is 31.4 Å². The smallest absolute Gasteiger partial charge is 0.317 e. The molecule has 2 fully saturated rings. The summed E-state index contributed by atoms with van der Waals surface area (Å²) < 4.78 is 0. The van der Waals surface area contributed by atoms with Crippen molar-refractivity contribution in [3.8, 4) is 0 Å². The Bertz CT molecular complexity index is 797. The molecule has 0 amide bonds. The zero-order chi connectivity index (χ0) is 17.4. The molecule has 1 N–H and O–H groups in total. The summed E-state index contributed by atoms with van der Waals surface area (Å²) in [6, 6.07) is 10.5. The van der Waals surface area contributed by atoms with Crippen molar-refractivity contribution in [2.75, 3.05) is 31.1 Å². The SMILES string of the molecule is Cc1cc(N2CCC3(CCCN3CC(=O)O)CC2)c2ccccc2n1. The molecule has 5 heteroatoms. The summed E-state index contributed by atoms with van der Waals surface area (Å²) in [5.41, 5.74) is 3.45. The van der Waals surface area contributed by atoms with E-state index in [1.165, 1.54) is 11.1 Å². The Morgan fingerprint density at radius 3 is 2.72 bits per heavy atom. The van der Waals surface area contributed by atoms with Crippen LogP contribution in [0, 0.1) is 6.92 Å². The summed E-state index contributed by atoms with van der Waals surface area (Å²) in [5.74, 6) is -0.709. The second-order valence-corrected chi connectivity index (χ2v) is 7.43. The zero-order valence-corrected chi connectivity index (χ0v) is 14.7. The predicted octanol–water partition coefficient (Wildman–Crippen LogP) is 3.06. The predicted molar refractivity (Wildman–Crippen MR) is 99.1 cm³/mol. The third-order valence-corrected chi connectivity index (χ3v) is 5.92. The number of likely N-dealkylation sites (tertiary alicyclic amines) is 1. The van der Waals surface area contributed by atoms with Crippen molar-refractivity contribution in [1.82, 2.24) is 9.88 Å². The molecule has 132 valence electrons. The van der Waals surface area contributed by atoms with Crippen LogP contribution in [0.15, 0.2) is 30.3 Å². The molecule has 0 bridgehead atoms. The van der Waals surface area contributed by atoms with Crippen molar-refractivity contribution < 1.29 is 9.90 Å². The van der Waals surface area contributed by atoms with Gasteiger partial charge in [0.2, 0.25) is 0 Å². The Labute approximate surface area is 148 Å². The second-order valence-electron chi connectivity index (χ2n) is 7.43. The topological polar surface area (TPSA) is 56.7 Å². The van der Waals surface area contributed by atoms with Crippen molar-refractivity contribution in [3.63, 3.8) is 0 Å². The fraction of sp³-hybridized carbons (Fsp3) is 0.500. The van der Waals surface area contributed by atoms with Crippen LogP contribution < -0.4 is 4.90 Å². The molecule has 3 heterocycles. The van der Waals surface area contributed by atoms with E-state index in [2.05, 4.69) is 39.0 Å². The van der Waals surface area contributed by atoms with Gasteiger partial charge in [0.05, 0.1) is 12.1 Å². The van der Waals surface area contributed by atoms with Gasteiger partial charge in [-0.2, -0.15) is 0 Å². The first-order chi connectivity index (χ1) is 12.1. The molecule has 5 nitrogen and oxygen atoms in total. The van der Waals surface area contributed by atoms with Gasteiger partial charge < -0.3 is 10.0 Å². The number of aromatic nitrogens is 1. The first kappa shape index (κ1) is 16.3. The number of carbonyl (C=O) groups is 1. The van der Waals surface area contributed by atoms with Gasteiger partial charge >= 0.3 is 5.97 Å². The lowest BCUT2D eigenvalue weighted by Crippen LogP contribution is -2.53. The first-order valence-corrected chi connectivity index (χ1v) is 9.16. The minimum absolute atomic E-state index is 0.0900. The van der Waals surface area contributed by atoms with Crippen molar-refractivity contribution in [3.05, 3.63) is 36.0 Å². The molecule has 0 saturated carbocycles. The van der Waals surface area contributed by atoms with Crippen LogP contribution in [0.2, 0.25) is 0 Å². The van der Waals surface area contributed by atoms with Crippen molar-refractivity contribution in [2.24, 2.45) is 0 Å². The molecule has 1 aromatic heterocycles. The van der Waals surface area contributed by atoms with Crippen LogP contribution in [0.3, 0.4) is 0 Å². The minimum Gasteiger partial charge on any atom is -0.480 e. The maximum Gasteiger partial charge on any atom is 0.317 e.